The molecule has 1 aliphatic heterocycles. The number of rotatable bonds is 5. The van der Waals surface area contributed by atoms with E-state index in [0.717, 1.165) is 37.9 Å². The Balaban J connectivity index is 1.26. The molecule has 7 heteroatoms. The van der Waals surface area contributed by atoms with Gasteiger partial charge < -0.3 is 4.90 Å². The molecule has 1 fully saturated rings. The van der Waals surface area contributed by atoms with Crippen molar-refractivity contribution in [3.8, 4) is 0 Å². The summed E-state index contributed by atoms with van der Waals surface area (Å²) in [6.07, 6.45) is 4.05. The van der Waals surface area contributed by atoms with E-state index in [1.165, 1.54) is 10.1 Å². The van der Waals surface area contributed by atoms with Gasteiger partial charge in [-0.1, -0.05) is 42.5 Å². The van der Waals surface area contributed by atoms with Gasteiger partial charge in [-0.3, -0.25) is 18.6 Å². The van der Waals surface area contributed by atoms with E-state index in [2.05, 4.69) is 34.5 Å². The Bertz CT molecular complexity index is 1320. The molecular weight excluding hydrogens is 402 g/mol. The minimum atomic E-state index is -0.0958. The van der Waals surface area contributed by atoms with E-state index in [-0.39, 0.29) is 11.5 Å². The fourth-order valence-electron chi connectivity index (χ4n) is 4.76. The first-order valence-electron chi connectivity index (χ1n) is 11.3. The molecular formula is C25H27N5O2. The maximum absolute atomic E-state index is 12.9. The van der Waals surface area contributed by atoms with Crippen LogP contribution in [0.4, 0.5) is 0 Å². The molecule has 0 radical (unpaired) electrons. The smallest absolute Gasteiger partial charge is 0.262 e. The summed E-state index contributed by atoms with van der Waals surface area (Å²) in [6.45, 7) is 1.63. The van der Waals surface area contributed by atoms with Gasteiger partial charge in [0.1, 0.15) is 5.82 Å². The van der Waals surface area contributed by atoms with Gasteiger partial charge in [0.15, 0.2) is 0 Å². The van der Waals surface area contributed by atoms with Gasteiger partial charge in [-0.15, -0.1) is 10.2 Å². The van der Waals surface area contributed by atoms with Gasteiger partial charge in [0.2, 0.25) is 11.7 Å². The van der Waals surface area contributed by atoms with Crippen LogP contribution in [0.15, 0.2) is 59.4 Å². The maximum atomic E-state index is 12.9. The van der Waals surface area contributed by atoms with Gasteiger partial charge in [-0.2, -0.15) is 0 Å². The highest BCUT2D eigenvalue weighted by molar-refractivity contribution is 5.80. The van der Waals surface area contributed by atoms with Gasteiger partial charge >= 0.3 is 0 Å². The number of aromatic nitrogens is 4. The zero-order valence-corrected chi connectivity index (χ0v) is 18.3. The number of carbonyl (C=O) groups excluding carboxylic acids is 1. The number of carbonyl (C=O) groups is 1. The predicted molar refractivity (Wildman–Crippen MR) is 124 cm³/mol. The summed E-state index contributed by atoms with van der Waals surface area (Å²) in [7, 11) is 1.70. The van der Waals surface area contributed by atoms with E-state index in [1.54, 1.807) is 7.05 Å². The van der Waals surface area contributed by atoms with Crippen molar-refractivity contribution in [3.05, 3.63) is 76.3 Å². The van der Waals surface area contributed by atoms with E-state index in [9.17, 15) is 9.59 Å². The van der Waals surface area contributed by atoms with E-state index < -0.39 is 0 Å². The lowest BCUT2D eigenvalue weighted by atomic mass is 9.90. The third-order valence-electron chi connectivity index (χ3n) is 6.59. The lowest BCUT2D eigenvalue weighted by molar-refractivity contribution is -0.132. The largest absolute Gasteiger partial charge is 0.343 e. The van der Waals surface area contributed by atoms with Crippen molar-refractivity contribution in [1.29, 1.82) is 0 Å². The summed E-state index contributed by atoms with van der Waals surface area (Å²) in [6, 6.07) is 18.0. The van der Waals surface area contributed by atoms with Gasteiger partial charge in [0, 0.05) is 33.0 Å². The number of aryl methyl sites for hydroxylation is 2. The van der Waals surface area contributed by atoms with Crippen LogP contribution in [0.25, 0.3) is 16.7 Å². The fourth-order valence-corrected chi connectivity index (χ4v) is 4.76. The maximum Gasteiger partial charge on any atom is 0.262 e. The average Bonchev–Trinajstić information content (AvgIpc) is 3.26. The first-order valence-corrected chi connectivity index (χ1v) is 11.3. The first-order chi connectivity index (χ1) is 15.6. The molecule has 0 aliphatic carbocycles. The standard InChI is InChI=1S/C25H27N5O2/c1-28-24(32)20-9-5-6-10-21(20)30-22(26-27-25(28)30)11-12-23(31)29-15-13-19(14-16-29)17-18-7-3-2-4-8-18/h2-10,19H,11-17H2,1H3. The number of benzene rings is 2. The normalized spacial score (nSPS) is 15.0. The molecule has 2 aromatic carbocycles. The molecule has 0 bridgehead atoms. The van der Waals surface area contributed by atoms with E-state index >= 15 is 0 Å². The second kappa shape index (κ2) is 8.57. The number of likely N-dealkylation sites (tertiary alicyclic amines) is 1. The van der Waals surface area contributed by atoms with Crippen molar-refractivity contribution >= 4 is 22.6 Å². The molecule has 0 saturated carbocycles. The minimum absolute atomic E-state index is 0.0958. The Kier molecular flexibility index (Phi) is 5.47. The molecule has 4 aromatic rings. The van der Waals surface area contributed by atoms with Crippen LogP contribution in [0.3, 0.4) is 0 Å². The highest BCUT2D eigenvalue weighted by atomic mass is 16.2. The molecule has 2 aromatic heterocycles. The van der Waals surface area contributed by atoms with E-state index in [1.807, 2.05) is 39.6 Å². The number of hydrogen-bond donors (Lipinski definition) is 0. The SMILES string of the molecule is Cn1c(=O)c2ccccc2n2c(CCC(=O)N3CCC(Cc4ccccc4)CC3)nnc12. The van der Waals surface area contributed by atoms with Gasteiger partial charge in [-0.05, 0) is 42.9 Å². The molecule has 164 valence electrons. The molecule has 0 N–H and O–H groups in total. The Hall–Kier alpha value is -3.48. The second-order valence-electron chi connectivity index (χ2n) is 8.65. The van der Waals surface area contributed by atoms with Gasteiger partial charge in [-0.25, -0.2) is 0 Å². The molecule has 1 aliphatic rings. The number of nitrogens with zero attached hydrogens (tertiary/aromatic N) is 5. The highest BCUT2D eigenvalue weighted by Crippen LogP contribution is 2.22. The first kappa shape index (κ1) is 20.4. The van der Waals surface area contributed by atoms with Gasteiger partial charge in [0.25, 0.3) is 5.56 Å². The Morgan fingerprint density at radius 2 is 1.72 bits per heavy atom. The lowest BCUT2D eigenvalue weighted by Gasteiger charge is -2.32. The molecule has 1 saturated heterocycles. The Morgan fingerprint density at radius 1 is 1.00 bits per heavy atom. The minimum Gasteiger partial charge on any atom is -0.343 e. The molecule has 0 atom stereocenters. The van der Waals surface area contributed by atoms with Crippen LogP contribution in [0.1, 0.15) is 30.7 Å². The Labute approximate surface area is 186 Å². The summed E-state index contributed by atoms with van der Waals surface area (Å²) in [5.74, 6) is 2.00. The quantitative estimate of drug-likeness (QED) is 0.489. The average molecular weight is 430 g/mol. The molecule has 5 rings (SSSR count). The summed E-state index contributed by atoms with van der Waals surface area (Å²) in [4.78, 5) is 27.5. The van der Waals surface area contributed by atoms with Crippen molar-refractivity contribution in [3.63, 3.8) is 0 Å². The summed E-state index contributed by atoms with van der Waals surface area (Å²) in [5, 5.41) is 9.15. The highest BCUT2D eigenvalue weighted by Gasteiger charge is 2.23. The predicted octanol–water partition coefficient (Wildman–Crippen LogP) is 3.00. The molecule has 1 amide bonds. The summed E-state index contributed by atoms with van der Waals surface area (Å²) in [5.41, 5.74) is 2.05. The fraction of sp³-hybridized carbons (Fsp3) is 0.360. The van der Waals surface area contributed by atoms with Crippen LogP contribution in [0.2, 0.25) is 0 Å². The monoisotopic (exact) mass is 429 g/mol. The molecule has 7 nitrogen and oxygen atoms in total. The molecule has 0 unspecified atom stereocenters. The number of amides is 1. The van der Waals surface area contributed by atoms with Crippen molar-refractivity contribution < 1.29 is 4.79 Å². The van der Waals surface area contributed by atoms with Crippen LogP contribution < -0.4 is 5.56 Å². The number of para-hydroxylation sites is 1. The number of fused-ring (bicyclic) bond motifs is 3. The third kappa shape index (κ3) is 3.79. The second-order valence-corrected chi connectivity index (χ2v) is 8.65. The van der Waals surface area contributed by atoms with Crippen molar-refractivity contribution in [2.24, 2.45) is 13.0 Å². The van der Waals surface area contributed by atoms with Crippen LogP contribution in [0, 0.1) is 5.92 Å². The topological polar surface area (TPSA) is 72.5 Å². The van der Waals surface area contributed by atoms with Crippen molar-refractivity contribution in [2.75, 3.05) is 13.1 Å². The summed E-state index contributed by atoms with van der Waals surface area (Å²) >= 11 is 0. The summed E-state index contributed by atoms with van der Waals surface area (Å²) < 4.78 is 3.41. The van der Waals surface area contributed by atoms with Crippen LogP contribution >= 0.6 is 0 Å². The van der Waals surface area contributed by atoms with E-state index in [4.69, 9.17) is 0 Å². The van der Waals surface area contributed by atoms with Crippen LogP contribution in [0.5, 0.6) is 0 Å². The number of hydrogen-bond acceptors (Lipinski definition) is 4. The van der Waals surface area contributed by atoms with Crippen LogP contribution in [-0.4, -0.2) is 43.1 Å². The van der Waals surface area contributed by atoms with E-state index in [0.29, 0.717) is 35.7 Å². The lowest BCUT2D eigenvalue weighted by Crippen LogP contribution is -2.39. The van der Waals surface area contributed by atoms with Gasteiger partial charge in [0.05, 0.1) is 10.9 Å². The Morgan fingerprint density at radius 3 is 2.50 bits per heavy atom. The molecule has 32 heavy (non-hydrogen) atoms. The third-order valence-corrected chi connectivity index (χ3v) is 6.59. The zero-order valence-electron chi connectivity index (χ0n) is 18.3. The van der Waals surface area contributed by atoms with Crippen molar-refractivity contribution in [1.82, 2.24) is 24.1 Å². The number of piperidine rings is 1. The molecule has 0 spiro atoms. The zero-order chi connectivity index (χ0) is 22.1. The van der Waals surface area contributed by atoms with Crippen LogP contribution in [-0.2, 0) is 24.7 Å². The van der Waals surface area contributed by atoms with Crippen molar-refractivity contribution in [2.45, 2.75) is 32.1 Å². The molecule has 3 heterocycles.